The second-order valence-electron chi connectivity index (χ2n) is 4.90. The second-order valence-corrected chi connectivity index (χ2v) is 4.90. The summed E-state index contributed by atoms with van der Waals surface area (Å²) in [6.07, 6.45) is 6.07. The Bertz CT molecular complexity index is 622. The highest BCUT2D eigenvalue weighted by Crippen LogP contribution is 2.37. The molecule has 0 amide bonds. The van der Waals surface area contributed by atoms with E-state index >= 15 is 0 Å². The number of rotatable bonds is 2. The summed E-state index contributed by atoms with van der Waals surface area (Å²) in [5.41, 5.74) is 7.51. The van der Waals surface area contributed by atoms with Gasteiger partial charge < -0.3 is 15.0 Å². The van der Waals surface area contributed by atoms with Crippen LogP contribution in [0, 0.1) is 5.92 Å². The Labute approximate surface area is 110 Å². The van der Waals surface area contributed by atoms with E-state index in [1.165, 1.54) is 7.11 Å². The average molecular weight is 260 g/mol. The fourth-order valence-electron chi connectivity index (χ4n) is 2.86. The molecule has 100 valence electrons. The van der Waals surface area contributed by atoms with Gasteiger partial charge in [0.2, 0.25) is 0 Å². The van der Waals surface area contributed by atoms with E-state index in [9.17, 15) is 4.79 Å². The smallest absolute Gasteiger partial charge is 0.308 e. The lowest BCUT2D eigenvalue weighted by molar-refractivity contribution is -0.145. The number of imidazole rings is 1. The van der Waals surface area contributed by atoms with Gasteiger partial charge in [0, 0.05) is 12.2 Å². The van der Waals surface area contributed by atoms with Crippen molar-refractivity contribution in [3.8, 4) is 0 Å². The number of esters is 1. The van der Waals surface area contributed by atoms with E-state index < -0.39 is 0 Å². The first-order chi connectivity index (χ1) is 9.20. The number of pyridine rings is 1. The minimum absolute atomic E-state index is 0.00775. The van der Waals surface area contributed by atoms with Crippen LogP contribution in [0.1, 0.15) is 25.3 Å². The van der Waals surface area contributed by atoms with Crippen molar-refractivity contribution in [3.63, 3.8) is 0 Å². The third-order valence-electron chi connectivity index (χ3n) is 3.85. The zero-order chi connectivity index (χ0) is 13.4. The lowest BCUT2D eigenvalue weighted by atomic mass is 10.1. The van der Waals surface area contributed by atoms with E-state index in [0.717, 1.165) is 30.3 Å². The molecule has 3 rings (SSSR count). The monoisotopic (exact) mass is 260 g/mol. The maximum Gasteiger partial charge on any atom is 0.308 e. The Kier molecular flexibility index (Phi) is 2.85. The number of nitrogens with zero attached hydrogens (tertiary/aromatic N) is 3. The molecular weight excluding hydrogens is 244 g/mol. The van der Waals surface area contributed by atoms with E-state index in [2.05, 4.69) is 14.5 Å². The summed E-state index contributed by atoms with van der Waals surface area (Å²) in [4.78, 5) is 19.9. The lowest BCUT2D eigenvalue weighted by Gasteiger charge is -2.13. The predicted molar refractivity (Wildman–Crippen MR) is 70.3 cm³/mol. The number of fused-ring (bicyclic) bond motifs is 1. The molecule has 19 heavy (non-hydrogen) atoms. The third kappa shape index (κ3) is 1.93. The van der Waals surface area contributed by atoms with Crippen LogP contribution >= 0.6 is 0 Å². The number of nitrogen functional groups attached to an aromatic ring is 1. The van der Waals surface area contributed by atoms with Crippen molar-refractivity contribution < 1.29 is 9.53 Å². The second kappa shape index (κ2) is 4.53. The molecule has 6 heteroatoms. The number of methoxy groups -OCH3 is 1. The number of ether oxygens (including phenoxy) is 1. The van der Waals surface area contributed by atoms with Gasteiger partial charge in [-0.2, -0.15) is 0 Å². The molecule has 0 unspecified atom stereocenters. The highest BCUT2D eigenvalue weighted by molar-refractivity contribution is 5.84. The Morgan fingerprint density at radius 3 is 3.11 bits per heavy atom. The molecule has 0 bridgehead atoms. The van der Waals surface area contributed by atoms with Crippen LogP contribution in [0.25, 0.3) is 11.0 Å². The fourth-order valence-corrected chi connectivity index (χ4v) is 2.86. The van der Waals surface area contributed by atoms with Crippen molar-refractivity contribution >= 4 is 22.8 Å². The van der Waals surface area contributed by atoms with Crippen molar-refractivity contribution in [1.29, 1.82) is 0 Å². The first kappa shape index (κ1) is 12.0. The van der Waals surface area contributed by atoms with Crippen LogP contribution in [0.15, 0.2) is 18.6 Å². The summed E-state index contributed by atoms with van der Waals surface area (Å²) < 4.78 is 6.91. The zero-order valence-electron chi connectivity index (χ0n) is 10.7. The van der Waals surface area contributed by atoms with Gasteiger partial charge >= 0.3 is 5.97 Å². The predicted octanol–water partition coefficient (Wildman–Crippen LogP) is 1.53. The molecule has 0 aromatic carbocycles. The highest BCUT2D eigenvalue weighted by atomic mass is 16.5. The number of hydrogen-bond donors (Lipinski definition) is 1. The molecule has 2 N–H and O–H groups in total. The average Bonchev–Trinajstić information content (AvgIpc) is 3.04. The van der Waals surface area contributed by atoms with Crippen LogP contribution in [-0.4, -0.2) is 27.6 Å². The Balaban J connectivity index is 1.90. The standard InChI is InChI=1S/C13H16N4O2/c1-19-13(18)8-2-3-9(6-8)17-7-16-11-10(17)4-5-15-12(11)14/h4-5,7-9H,2-3,6H2,1H3,(H2,14,15)/t8-,9-/m1/s1. The zero-order valence-corrected chi connectivity index (χ0v) is 10.7. The van der Waals surface area contributed by atoms with Crippen molar-refractivity contribution in [3.05, 3.63) is 18.6 Å². The van der Waals surface area contributed by atoms with Gasteiger partial charge in [-0.25, -0.2) is 9.97 Å². The van der Waals surface area contributed by atoms with Crippen molar-refractivity contribution in [2.45, 2.75) is 25.3 Å². The molecule has 0 spiro atoms. The summed E-state index contributed by atoms with van der Waals surface area (Å²) in [7, 11) is 1.44. The number of carbonyl (C=O) groups excluding carboxylic acids is 1. The van der Waals surface area contributed by atoms with Gasteiger partial charge in [-0.05, 0) is 25.3 Å². The fraction of sp³-hybridized carbons (Fsp3) is 0.462. The molecule has 0 aliphatic heterocycles. The van der Waals surface area contributed by atoms with Gasteiger partial charge in [0.1, 0.15) is 5.52 Å². The van der Waals surface area contributed by atoms with Crippen molar-refractivity contribution in [2.75, 3.05) is 12.8 Å². The quantitative estimate of drug-likeness (QED) is 0.828. The van der Waals surface area contributed by atoms with E-state index in [4.69, 9.17) is 10.5 Å². The van der Waals surface area contributed by atoms with Gasteiger partial charge in [0.15, 0.2) is 5.82 Å². The largest absolute Gasteiger partial charge is 0.469 e. The van der Waals surface area contributed by atoms with Crippen molar-refractivity contribution in [2.24, 2.45) is 5.92 Å². The molecule has 1 aliphatic carbocycles. The topological polar surface area (TPSA) is 83.0 Å². The van der Waals surface area contributed by atoms with E-state index in [0.29, 0.717) is 5.82 Å². The van der Waals surface area contributed by atoms with Crippen LogP contribution in [0.3, 0.4) is 0 Å². The van der Waals surface area contributed by atoms with Crippen LogP contribution < -0.4 is 5.73 Å². The molecule has 0 radical (unpaired) electrons. The normalized spacial score (nSPS) is 22.8. The number of hydrogen-bond acceptors (Lipinski definition) is 5. The van der Waals surface area contributed by atoms with Crippen LogP contribution in [0.5, 0.6) is 0 Å². The van der Waals surface area contributed by atoms with Crippen molar-refractivity contribution in [1.82, 2.24) is 14.5 Å². The minimum Gasteiger partial charge on any atom is -0.469 e. The van der Waals surface area contributed by atoms with Gasteiger partial charge in [0.25, 0.3) is 0 Å². The number of nitrogens with two attached hydrogens (primary N) is 1. The first-order valence-corrected chi connectivity index (χ1v) is 6.35. The highest BCUT2D eigenvalue weighted by Gasteiger charge is 2.32. The van der Waals surface area contributed by atoms with Gasteiger partial charge in [-0.3, -0.25) is 4.79 Å². The molecule has 6 nitrogen and oxygen atoms in total. The summed E-state index contributed by atoms with van der Waals surface area (Å²) >= 11 is 0. The Hall–Kier alpha value is -2.11. The summed E-state index contributed by atoms with van der Waals surface area (Å²) in [6, 6.07) is 2.18. The van der Waals surface area contributed by atoms with Gasteiger partial charge in [0.05, 0.1) is 24.9 Å². The van der Waals surface area contributed by atoms with Crippen LogP contribution in [0.2, 0.25) is 0 Å². The van der Waals surface area contributed by atoms with E-state index in [-0.39, 0.29) is 17.9 Å². The Morgan fingerprint density at radius 2 is 2.32 bits per heavy atom. The molecular formula is C13H16N4O2. The van der Waals surface area contributed by atoms with E-state index in [1.54, 1.807) is 12.5 Å². The number of anilines is 1. The minimum atomic E-state index is -0.117. The molecule has 2 atom stereocenters. The van der Waals surface area contributed by atoms with Gasteiger partial charge in [-0.15, -0.1) is 0 Å². The first-order valence-electron chi connectivity index (χ1n) is 6.35. The molecule has 2 heterocycles. The maximum atomic E-state index is 11.6. The third-order valence-corrected chi connectivity index (χ3v) is 3.85. The number of aromatic nitrogens is 3. The summed E-state index contributed by atoms with van der Waals surface area (Å²) in [6.45, 7) is 0. The molecule has 1 saturated carbocycles. The summed E-state index contributed by atoms with van der Waals surface area (Å²) in [5, 5.41) is 0. The molecule has 2 aromatic rings. The molecule has 0 saturated heterocycles. The summed E-state index contributed by atoms with van der Waals surface area (Å²) in [5.74, 6) is 0.318. The number of carbonyl (C=O) groups is 1. The Morgan fingerprint density at radius 1 is 1.47 bits per heavy atom. The molecule has 2 aromatic heterocycles. The molecule has 1 fully saturated rings. The SMILES string of the molecule is COC(=O)[C@@H]1CC[C@@H](n2cnc3c(N)nccc32)C1. The van der Waals surface area contributed by atoms with E-state index in [1.807, 2.05) is 6.07 Å². The van der Waals surface area contributed by atoms with Crippen LogP contribution in [-0.2, 0) is 9.53 Å². The maximum absolute atomic E-state index is 11.6. The lowest BCUT2D eigenvalue weighted by Crippen LogP contribution is -2.13. The van der Waals surface area contributed by atoms with Crippen LogP contribution in [0.4, 0.5) is 5.82 Å². The molecule has 1 aliphatic rings. The van der Waals surface area contributed by atoms with Gasteiger partial charge in [-0.1, -0.05) is 0 Å².